The lowest BCUT2D eigenvalue weighted by Crippen LogP contribution is -2.34. The highest BCUT2D eigenvalue weighted by molar-refractivity contribution is 6.32. The van der Waals surface area contributed by atoms with Gasteiger partial charge in [0, 0.05) is 34.4 Å². The topological polar surface area (TPSA) is 40.5 Å². The molecule has 0 amide bonds. The minimum atomic E-state index is -0.961. The summed E-state index contributed by atoms with van der Waals surface area (Å²) in [6, 6.07) is 6.70. The van der Waals surface area contributed by atoms with Crippen molar-refractivity contribution in [2.45, 2.75) is 45.2 Å². The third-order valence-electron chi connectivity index (χ3n) is 3.96. The first kappa shape index (κ1) is 14.9. The maximum absolute atomic E-state index is 10.8. The first-order valence-electron chi connectivity index (χ1n) is 7.02. The Labute approximate surface area is 124 Å². The molecular formula is C16H20ClNO2. The van der Waals surface area contributed by atoms with E-state index in [0.717, 1.165) is 30.2 Å². The molecular weight excluding hydrogens is 274 g/mol. The summed E-state index contributed by atoms with van der Waals surface area (Å²) in [6.07, 6.45) is 6.16. The molecule has 0 bridgehead atoms. The normalized spacial score (nSPS) is 22.6. The smallest absolute Gasteiger partial charge is 0.328 e. The molecule has 2 rings (SSSR count). The lowest BCUT2D eigenvalue weighted by Gasteiger charge is -2.32. The van der Waals surface area contributed by atoms with Crippen LogP contribution in [-0.2, 0) is 4.79 Å². The van der Waals surface area contributed by atoms with Gasteiger partial charge in [-0.15, -0.1) is 0 Å². The molecule has 0 aromatic heterocycles. The van der Waals surface area contributed by atoms with Gasteiger partial charge in [-0.1, -0.05) is 24.6 Å². The molecule has 0 saturated carbocycles. The van der Waals surface area contributed by atoms with Crippen LogP contribution in [0.4, 0.5) is 5.69 Å². The van der Waals surface area contributed by atoms with E-state index >= 15 is 0 Å². The predicted molar refractivity (Wildman–Crippen MR) is 83.4 cm³/mol. The Morgan fingerprint density at radius 1 is 1.50 bits per heavy atom. The van der Waals surface area contributed by atoms with E-state index in [-0.39, 0.29) is 0 Å². The van der Waals surface area contributed by atoms with Gasteiger partial charge in [-0.25, -0.2) is 4.79 Å². The summed E-state index contributed by atoms with van der Waals surface area (Å²) in [7, 11) is 0. The van der Waals surface area contributed by atoms with E-state index in [0.29, 0.717) is 17.1 Å². The highest BCUT2D eigenvalue weighted by atomic mass is 35.5. The van der Waals surface area contributed by atoms with Gasteiger partial charge in [0.05, 0.1) is 0 Å². The van der Waals surface area contributed by atoms with E-state index in [1.807, 2.05) is 12.1 Å². The Kier molecular flexibility index (Phi) is 4.71. The second kappa shape index (κ2) is 6.31. The van der Waals surface area contributed by atoms with Gasteiger partial charge in [0.1, 0.15) is 0 Å². The summed E-state index contributed by atoms with van der Waals surface area (Å²) in [5.74, 6) is -0.961. The van der Waals surface area contributed by atoms with E-state index in [1.54, 1.807) is 12.1 Å². The second-order valence-electron chi connectivity index (χ2n) is 5.24. The van der Waals surface area contributed by atoms with Crippen LogP contribution in [0.2, 0.25) is 5.02 Å². The van der Waals surface area contributed by atoms with Crippen molar-refractivity contribution in [1.82, 2.24) is 0 Å². The van der Waals surface area contributed by atoms with Gasteiger partial charge < -0.3 is 10.0 Å². The van der Waals surface area contributed by atoms with Crippen LogP contribution in [0.15, 0.2) is 24.3 Å². The molecule has 2 unspecified atom stereocenters. The molecule has 1 N–H and O–H groups in total. The van der Waals surface area contributed by atoms with Crippen molar-refractivity contribution in [3.05, 3.63) is 34.9 Å². The number of aliphatic carboxylic acids is 1. The van der Waals surface area contributed by atoms with Crippen molar-refractivity contribution in [3.8, 4) is 0 Å². The minimum absolute atomic E-state index is 0.454. The minimum Gasteiger partial charge on any atom is -0.478 e. The lowest BCUT2D eigenvalue weighted by atomic mass is 10.1. The van der Waals surface area contributed by atoms with Crippen molar-refractivity contribution in [2.75, 3.05) is 4.90 Å². The van der Waals surface area contributed by atoms with Gasteiger partial charge in [-0.3, -0.25) is 0 Å². The average molecular weight is 294 g/mol. The average Bonchev–Trinajstić information content (AvgIpc) is 2.78. The molecule has 2 atom stereocenters. The van der Waals surface area contributed by atoms with Gasteiger partial charge in [-0.05, 0) is 44.4 Å². The lowest BCUT2D eigenvalue weighted by molar-refractivity contribution is -0.131. The number of benzene rings is 1. The number of anilines is 1. The molecule has 1 aromatic carbocycles. The van der Waals surface area contributed by atoms with E-state index in [4.69, 9.17) is 16.7 Å². The standard InChI is InChI=1S/C16H20ClNO2/c1-3-12-8-7-11(2)18(12)15-6-4-5-14(17)13(15)9-10-16(19)20/h4-6,9-12H,3,7-8H2,1-2H3,(H,19,20)/b10-9+. The van der Waals surface area contributed by atoms with Crippen molar-refractivity contribution >= 4 is 29.3 Å². The van der Waals surface area contributed by atoms with Crippen molar-refractivity contribution in [2.24, 2.45) is 0 Å². The first-order valence-corrected chi connectivity index (χ1v) is 7.40. The second-order valence-corrected chi connectivity index (χ2v) is 5.65. The number of carbonyl (C=O) groups is 1. The fraction of sp³-hybridized carbons (Fsp3) is 0.438. The summed E-state index contributed by atoms with van der Waals surface area (Å²) in [5.41, 5.74) is 1.83. The Balaban J connectivity index is 2.45. The summed E-state index contributed by atoms with van der Waals surface area (Å²) in [4.78, 5) is 13.1. The summed E-state index contributed by atoms with van der Waals surface area (Å²) >= 11 is 6.26. The van der Waals surface area contributed by atoms with E-state index in [2.05, 4.69) is 18.7 Å². The number of carboxylic acids is 1. The molecule has 108 valence electrons. The van der Waals surface area contributed by atoms with Crippen molar-refractivity contribution < 1.29 is 9.90 Å². The van der Waals surface area contributed by atoms with Crippen LogP contribution in [0.5, 0.6) is 0 Å². The van der Waals surface area contributed by atoms with Crippen LogP contribution in [0.25, 0.3) is 6.08 Å². The van der Waals surface area contributed by atoms with Crippen LogP contribution in [0.1, 0.15) is 38.7 Å². The highest BCUT2D eigenvalue weighted by Gasteiger charge is 2.30. The zero-order valence-electron chi connectivity index (χ0n) is 11.8. The van der Waals surface area contributed by atoms with Crippen LogP contribution in [0.3, 0.4) is 0 Å². The molecule has 3 nitrogen and oxygen atoms in total. The maximum atomic E-state index is 10.8. The summed E-state index contributed by atoms with van der Waals surface area (Å²) in [5, 5.41) is 9.42. The monoisotopic (exact) mass is 293 g/mol. The number of halogens is 1. The van der Waals surface area contributed by atoms with Crippen LogP contribution in [-0.4, -0.2) is 23.2 Å². The number of rotatable bonds is 4. The number of carboxylic acid groups (broad SMARTS) is 1. The number of nitrogens with zero attached hydrogens (tertiary/aromatic N) is 1. The van der Waals surface area contributed by atoms with E-state index < -0.39 is 5.97 Å². The molecule has 1 fully saturated rings. The summed E-state index contributed by atoms with van der Waals surface area (Å²) < 4.78 is 0. The zero-order chi connectivity index (χ0) is 14.7. The van der Waals surface area contributed by atoms with E-state index in [9.17, 15) is 4.79 Å². The predicted octanol–water partition coefficient (Wildman–Crippen LogP) is 4.21. The molecule has 1 saturated heterocycles. The van der Waals surface area contributed by atoms with Crippen molar-refractivity contribution in [3.63, 3.8) is 0 Å². The third kappa shape index (κ3) is 2.98. The molecule has 1 aliphatic heterocycles. The number of hydrogen-bond acceptors (Lipinski definition) is 2. The molecule has 1 heterocycles. The Hall–Kier alpha value is -1.48. The molecule has 20 heavy (non-hydrogen) atoms. The molecule has 4 heteroatoms. The van der Waals surface area contributed by atoms with Crippen LogP contribution >= 0.6 is 11.6 Å². The van der Waals surface area contributed by atoms with Gasteiger partial charge in [-0.2, -0.15) is 0 Å². The molecule has 1 aromatic rings. The Morgan fingerprint density at radius 3 is 2.90 bits per heavy atom. The van der Waals surface area contributed by atoms with Gasteiger partial charge in [0.15, 0.2) is 0 Å². The van der Waals surface area contributed by atoms with E-state index in [1.165, 1.54) is 6.42 Å². The molecule has 1 aliphatic rings. The number of hydrogen-bond donors (Lipinski definition) is 1. The maximum Gasteiger partial charge on any atom is 0.328 e. The van der Waals surface area contributed by atoms with Crippen molar-refractivity contribution in [1.29, 1.82) is 0 Å². The molecule has 0 radical (unpaired) electrons. The third-order valence-corrected chi connectivity index (χ3v) is 4.29. The van der Waals surface area contributed by atoms with Crippen LogP contribution in [0, 0.1) is 0 Å². The van der Waals surface area contributed by atoms with Gasteiger partial charge >= 0.3 is 5.97 Å². The van der Waals surface area contributed by atoms with Gasteiger partial charge in [0.25, 0.3) is 0 Å². The van der Waals surface area contributed by atoms with Gasteiger partial charge in [0.2, 0.25) is 0 Å². The first-order chi connectivity index (χ1) is 9.54. The molecule has 0 aliphatic carbocycles. The Morgan fingerprint density at radius 2 is 2.25 bits per heavy atom. The van der Waals surface area contributed by atoms with Crippen LogP contribution < -0.4 is 4.90 Å². The summed E-state index contributed by atoms with van der Waals surface area (Å²) in [6.45, 7) is 4.40. The fourth-order valence-electron chi connectivity index (χ4n) is 2.98. The Bertz CT molecular complexity index is 527. The SMILES string of the molecule is CCC1CCC(C)N1c1cccc(Cl)c1/C=C/C(=O)O. The quantitative estimate of drug-likeness (QED) is 0.846. The molecule has 0 spiro atoms. The fourth-order valence-corrected chi connectivity index (χ4v) is 3.21. The largest absolute Gasteiger partial charge is 0.478 e. The zero-order valence-corrected chi connectivity index (χ0v) is 12.6. The highest BCUT2D eigenvalue weighted by Crippen LogP contribution is 2.37.